The molecule has 0 amide bonds. The smallest absolute Gasteiger partial charge is 0.299 e. The number of nitrogens with zero attached hydrogens (tertiary/aromatic N) is 2. The van der Waals surface area contributed by atoms with Crippen LogP contribution in [0.2, 0.25) is 0 Å². The summed E-state index contributed by atoms with van der Waals surface area (Å²) in [4.78, 5) is 20.4. The zero-order chi connectivity index (χ0) is 14.7. The lowest BCUT2D eigenvalue weighted by molar-refractivity contribution is -0.393. The number of hydrogen-bond acceptors (Lipinski definition) is 6. The molecule has 0 radical (unpaired) electrons. The molecule has 2 rings (SSSR count). The molecule has 1 aromatic carbocycles. The maximum absolute atomic E-state index is 11.0. The van der Waals surface area contributed by atoms with Crippen LogP contribution in [0, 0.1) is 20.2 Å². The van der Waals surface area contributed by atoms with Gasteiger partial charge in [-0.3, -0.25) is 20.2 Å². The van der Waals surface area contributed by atoms with Gasteiger partial charge in [0.25, 0.3) is 11.4 Å². The topological polar surface area (TPSA) is 124 Å². The Hall–Kier alpha value is -2.22. The average molecular weight is 280 g/mol. The molecule has 20 heavy (non-hydrogen) atoms. The number of nitrogens with one attached hydrogen (secondary N) is 1. The predicted octanol–water partition coefficient (Wildman–Crippen LogP) is 2.18. The van der Waals surface area contributed by atoms with E-state index in [0.29, 0.717) is 0 Å². The third-order valence-electron chi connectivity index (χ3n) is 3.55. The largest absolute Gasteiger partial charge is 0.375 e. The monoisotopic (exact) mass is 280 g/mol. The minimum Gasteiger partial charge on any atom is -0.375 e. The van der Waals surface area contributed by atoms with E-state index in [1.165, 1.54) is 12.1 Å². The highest BCUT2D eigenvalue weighted by Crippen LogP contribution is 2.31. The van der Waals surface area contributed by atoms with E-state index in [9.17, 15) is 20.2 Å². The second kappa shape index (κ2) is 5.83. The Balaban J connectivity index is 2.26. The fraction of sp³-hybridized carbons (Fsp3) is 0.500. The molecule has 1 fully saturated rings. The lowest BCUT2D eigenvalue weighted by atomic mass is 9.91. The van der Waals surface area contributed by atoms with Crippen LogP contribution >= 0.6 is 0 Å². The van der Waals surface area contributed by atoms with Gasteiger partial charge in [0.2, 0.25) is 0 Å². The summed E-state index contributed by atoms with van der Waals surface area (Å²) in [6.45, 7) is 0. The molecule has 8 heteroatoms. The maximum atomic E-state index is 11.0. The lowest BCUT2D eigenvalue weighted by Gasteiger charge is -2.29. The standard InChI is InChI=1S/C12H16N4O4/c13-9-3-1-2-4-10(9)14-11-6-5-8(15(17)18)7-12(11)16(19)20/h5-7,9-10,14H,1-4,13H2/t9-,10-/m1/s1. The first-order chi connectivity index (χ1) is 9.49. The number of rotatable bonds is 4. The Bertz CT molecular complexity index is 534. The highest BCUT2D eigenvalue weighted by atomic mass is 16.6. The van der Waals surface area contributed by atoms with Crippen LogP contribution in [0.3, 0.4) is 0 Å². The van der Waals surface area contributed by atoms with Crippen LogP contribution in [0.5, 0.6) is 0 Å². The van der Waals surface area contributed by atoms with Crippen molar-refractivity contribution in [2.24, 2.45) is 5.73 Å². The van der Waals surface area contributed by atoms with Crippen LogP contribution in [0.15, 0.2) is 18.2 Å². The molecule has 1 aliphatic carbocycles. The number of anilines is 1. The second-order valence-corrected chi connectivity index (χ2v) is 4.91. The Morgan fingerprint density at radius 2 is 1.85 bits per heavy atom. The highest BCUT2D eigenvalue weighted by molar-refractivity contribution is 5.65. The fourth-order valence-corrected chi connectivity index (χ4v) is 2.45. The van der Waals surface area contributed by atoms with Crippen molar-refractivity contribution in [1.29, 1.82) is 0 Å². The van der Waals surface area contributed by atoms with Gasteiger partial charge in [0, 0.05) is 18.2 Å². The SMILES string of the molecule is N[C@@H]1CCCC[C@H]1Nc1ccc([N+](=O)[O-])cc1[N+](=O)[O-]. The zero-order valence-electron chi connectivity index (χ0n) is 10.8. The van der Waals surface area contributed by atoms with E-state index in [1.807, 2.05) is 0 Å². The average Bonchev–Trinajstić information content (AvgIpc) is 2.41. The summed E-state index contributed by atoms with van der Waals surface area (Å²) in [7, 11) is 0. The first kappa shape index (κ1) is 14.2. The van der Waals surface area contributed by atoms with Crippen molar-refractivity contribution < 1.29 is 9.85 Å². The van der Waals surface area contributed by atoms with Gasteiger partial charge >= 0.3 is 0 Å². The van der Waals surface area contributed by atoms with Crippen molar-refractivity contribution in [1.82, 2.24) is 0 Å². The van der Waals surface area contributed by atoms with Gasteiger partial charge in [0.15, 0.2) is 0 Å². The third kappa shape index (κ3) is 3.02. The summed E-state index contributed by atoms with van der Waals surface area (Å²) in [5.41, 5.74) is 5.68. The lowest BCUT2D eigenvalue weighted by Crippen LogP contribution is -2.42. The Labute approximate surface area is 115 Å². The molecule has 3 N–H and O–H groups in total. The number of benzene rings is 1. The normalized spacial score (nSPS) is 22.2. The first-order valence-corrected chi connectivity index (χ1v) is 6.44. The Morgan fingerprint density at radius 1 is 1.15 bits per heavy atom. The molecule has 1 saturated carbocycles. The van der Waals surface area contributed by atoms with Crippen molar-refractivity contribution in [3.63, 3.8) is 0 Å². The van der Waals surface area contributed by atoms with E-state index < -0.39 is 9.85 Å². The van der Waals surface area contributed by atoms with Gasteiger partial charge in [-0.05, 0) is 18.9 Å². The fourth-order valence-electron chi connectivity index (χ4n) is 2.45. The molecule has 0 aliphatic heterocycles. The minimum atomic E-state index is -0.650. The number of hydrogen-bond donors (Lipinski definition) is 2. The number of nitro benzene ring substituents is 2. The van der Waals surface area contributed by atoms with Crippen LogP contribution in [0.4, 0.5) is 17.1 Å². The molecule has 0 spiro atoms. The summed E-state index contributed by atoms with van der Waals surface area (Å²) < 4.78 is 0. The van der Waals surface area contributed by atoms with Gasteiger partial charge in [0.1, 0.15) is 5.69 Å². The maximum Gasteiger partial charge on any atom is 0.299 e. The summed E-state index contributed by atoms with van der Waals surface area (Å²) in [6, 6.07) is 3.50. The van der Waals surface area contributed by atoms with Crippen molar-refractivity contribution in [2.75, 3.05) is 5.32 Å². The van der Waals surface area contributed by atoms with Crippen LogP contribution in [-0.2, 0) is 0 Å². The van der Waals surface area contributed by atoms with E-state index in [0.717, 1.165) is 31.7 Å². The van der Waals surface area contributed by atoms with Gasteiger partial charge < -0.3 is 11.1 Å². The van der Waals surface area contributed by atoms with Gasteiger partial charge in [-0.1, -0.05) is 12.8 Å². The molecule has 0 aromatic heterocycles. The molecule has 0 unspecified atom stereocenters. The van der Waals surface area contributed by atoms with E-state index >= 15 is 0 Å². The highest BCUT2D eigenvalue weighted by Gasteiger charge is 2.25. The molecule has 108 valence electrons. The molecule has 0 bridgehead atoms. The third-order valence-corrected chi connectivity index (χ3v) is 3.55. The molecule has 8 nitrogen and oxygen atoms in total. The van der Waals surface area contributed by atoms with Crippen LogP contribution in [0.25, 0.3) is 0 Å². The Kier molecular flexibility index (Phi) is 4.14. The number of nitrogens with two attached hydrogens (primary N) is 1. The van der Waals surface area contributed by atoms with Crippen LogP contribution in [-0.4, -0.2) is 21.9 Å². The van der Waals surface area contributed by atoms with E-state index in [-0.39, 0.29) is 29.1 Å². The van der Waals surface area contributed by atoms with Gasteiger partial charge in [-0.2, -0.15) is 0 Å². The molecule has 1 aliphatic rings. The quantitative estimate of drug-likeness (QED) is 0.643. The van der Waals surface area contributed by atoms with Crippen molar-refractivity contribution >= 4 is 17.1 Å². The molecular weight excluding hydrogens is 264 g/mol. The summed E-state index contributed by atoms with van der Waals surface area (Å²) in [6.07, 6.45) is 3.79. The molecule has 0 saturated heterocycles. The van der Waals surface area contributed by atoms with E-state index in [1.54, 1.807) is 0 Å². The summed E-state index contributed by atoms with van der Waals surface area (Å²) >= 11 is 0. The predicted molar refractivity (Wildman–Crippen MR) is 73.6 cm³/mol. The molecule has 0 heterocycles. The summed E-state index contributed by atoms with van der Waals surface area (Å²) in [5, 5.41) is 24.8. The van der Waals surface area contributed by atoms with E-state index in [4.69, 9.17) is 5.73 Å². The van der Waals surface area contributed by atoms with Gasteiger partial charge in [0.05, 0.1) is 15.9 Å². The van der Waals surface area contributed by atoms with Crippen LogP contribution in [0.1, 0.15) is 25.7 Å². The van der Waals surface area contributed by atoms with Crippen molar-refractivity contribution in [2.45, 2.75) is 37.8 Å². The van der Waals surface area contributed by atoms with Gasteiger partial charge in [-0.15, -0.1) is 0 Å². The number of nitro groups is 2. The zero-order valence-corrected chi connectivity index (χ0v) is 10.8. The second-order valence-electron chi connectivity index (χ2n) is 4.91. The first-order valence-electron chi connectivity index (χ1n) is 6.44. The minimum absolute atomic E-state index is 0.0380. The van der Waals surface area contributed by atoms with Crippen molar-refractivity contribution in [3.05, 3.63) is 38.4 Å². The van der Waals surface area contributed by atoms with Crippen LogP contribution < -0.4 is 11.1 Å². The Morgan fingerprint density at radius 3 is 2.45 bits per heavy atom. The van der Waals surface area contributed by atoms with Crippen molar-refractivity contribution in [3.8, 4) is 0 Å². The molecular formula is C12H16N4O4. The molecule has 1 aromatic rings. The number of non-ortho nitro benzene ring substituents is 1. The van der Waals surface area contributed by atoms with Gasteiger partial charge in [-0.25, -0.2) is 0 Å². The molecule has 2 atom stereocenters. The summed E-state index contributed by atoms with van der Waals surface area (Å²) in [5.74, 6) is 0. The van der Waals surface area contributed by atoms with E-state index in [2.05, 4.69) is 5.32 Å².